The molecular formula is C23H24INO5S. The Morgan fingerprint density at radius 3 is 2.55 bits per heavy atom. The SMILES string of the molecule is CCOc1cc(/C=C2/SC(=O)N(CCOC)C2=O)cc(I)c1OCc1ccc(C)cc1. The van der Waals surface area contributed by atoms with E-state index in [4.69, 9.17) is 14.2 Å². The normalized spacial score (nSPS) is 15.1. The molecule has 0 saturated carbocycles. The Morgan fingerprint density at radius 1 is 1.13 bits per heavy atom. The molecule has 1 aliphatic heterocycles. The Bertz CT molecular complexity index is 990. The quantitative estimate of drug-likeness (QED) is 0.312. The van der Waals surface area contributed by atoms with Crippen LogP contribution in [0.25, 0.3) is 6.08 Å². The second-order valence-corrected chi connectivity index (χ2v) is 9.02. The number of ether oxygens (including phenoxy) is 3. The highest BCUT2D eigenvalue weighted by atomic mass is 127. The number of rotatable bonds is 9. The molecule has 0 N–H and O–H groups in total. The maximum absolute atomic E-state index is 12.6. The van der Waals surface area contributed by atoms with Crippen LogP contribution in [0.5, 0.6) is 11.5 Å². The van der Waals surface area contributed by atoms with Crippen molar-refractivity contribution in [1.29, 1.82) is 0 Å². The number of imide groups is 1. The van der Waals surface area contributed by atoms with Crippen LogP contribution in [-0.4, -0.2) is 42.9 Å². The van der Waals surface area contributed by atoms with Gasteiger partial charge in [-0.05, 0) is 77.5 Å². The first-order valence-electron chi connectivity index (χ1n) is 9.82. The lowest BCUT2D eigenvalue weighted by molar-refractivity contribution is -0.123. The molecule has 0 aliphatic carbocycles. The van der Waals surface area contributed by atoms with Gasteiger partial charge in [-0.1, -0.05) is 29.8 Å². The van der Waals surface area contributed by atoms with Crippen LogP contribution in [-0.2, 0) is 16.1 Å². The summed E-state index contributed by atoms with van der Waals surface area (Å²) < 4.78 is 17.7. The maximum atomic E-state index is 12.6. The monoisotopic (exact) mass is 553 g/mol. The number of aryl methyl sites for hydroxylation is 1. The molecule has 3 rings (SSSR count). The first-order valence-corrected chi connectivity index (χ1v) is 11.7. The highest BCUT2D eigenvalue weighted by Gasteiger charge is 2.34. The van der Waals surface area contributed by atoms with Crippen LogP contribution in [0.3, 0.4) is 0 Å². The van der Waals surface area contributed by atoms with Crippen molar-refractivity contribution in [1.82, 2.24) is 4.90 Å². The Hall–Kier alpha value is -2.04. The van der Waals surface area contributed by atoms with Crippen molar-refractivity contribution in [2.75, 3.05) is 26.9 Å². The van der Waals surface area contributed by atoms with Crippen molar-refractivity contribution in [3.63, 3.8) is 0 Å². The molecule has 1 fully saturated rings. The number of hydrogen-bond acceptors (Lipinski definition) is 6. The molecule has 2 aromatic carbocycles. The van der Waals surface area contributed by atoms with Crippen molar-refractivity contribution in [2.45, 2.75) is 20.5 Å². The van der Waals surface area contributed by atoms with Gasteiger partial charge in [-0.3, -0.25) is 14.5 Å². The number of carbonyl (C=O) groups is 2. The van der Waals surface area contributed by atoms with E-state index >= 15 is 0 Å². The maximum Gasteiger partial charge on any atom is 0.293 e. The smallest absolute Gasteiger partial charge is 0.293 e. The second kappa shape index (κ2) is 11.0. The average molecular weight is 553 g/mol. The van der Waals surface area contributed by atoms with Gasteiger partial charge in [-0.25, -0.2) is 0 Å². The third-order valence-corrected chi connectivity index (χ3v) is 6.23. The van der Waals surface area contributed by atoms with Crippen LogP contribution < -0.4 is 9.47 Å². The van der Waals surface area contributed by atoms with Crippen LogP contribution in [0.2, 0.25) is 0 Å². The zero-order valence-corrected chi connectivity index (χ0v) is 20.6. The van der Waals surface area contributed by atoms with Gasteiger partial charge in [0, 0.05) is 7.11 Å². The highest BCUT2D eigenvalue weighted by molar-refractivity contribution is 14.1. The number of halogens is 1. The molecule has 0 spiro atoms. The molecule has 2 amide bonds. The highest BCUT2D eigenvalue weighted by Crippen LogP contribution is 2.37. The summed E-state index contributed by atoms with van der Waals surface area (Å²) in [7, 11) is 1.54. The minimum absolute atomic E-state index is 0.242. The summed E-state index contributed by atoms with van der Waals surface area (Å²) in [6.45, 7) is 5.41. The summed E-state index contributed by atoms with van der Waals surface area (Å²) in [5.41, 5.74) is 3.04. The molecule has 6 nitrogen and oxygen atoms in total. The summed E-state index contributed by atoms with van der Waals surface area (Å²) >= 11 is 3.13. The van der Waals surface area contributed by atoms with Crippen LogP contribution in [0, 0.1) is 10.5 Å². The van der Waals surface area contributed by atoms with E-state index in [9.17, 15) is 9.59 Å². The average Bonchev–Trinajstić information content (AvgIpc) is 3.00. The second-order valence-electron chi connectivity index (χ2n) is 6.86. The number of hydrogen-bond donors (Lipinski definition) is 0. The number of nitrogens with zero attached hydrogens (tertiary/aromatic N) is 1. The molecule has 1 heterocycles. The van der Waals surface area contributed by atoms with Crippen LogP contribution in [0.1, 0.15) is 23.6 Å². The number of methoxy groups -OCH3 is 1. The molecule has 1 aliphatic rings. The molecule has 31 heavy (non-hydrogen) atoms. The molecule has 1 saturated heterocycles. The van der Waals surface area contributed by atoms with Crippen LogP contribution in [0.15, 0.2) is 41.3 Å². The van der Waals surface area contributed by atoms with Crippen molar-refractivity contribution in [2.24, 2.45) is 0 Å². The summed E-state index contributed by atoms with van der Waals surface area (Å²) in [5, 5.41) is -0.286. The first kappa shape index (κ1) is 23.6. The van der Waals surface area contributed by atoms with Gasteiger partial charge < -0.3 is 14.2 Å². The molecule has 0 aromatic heterocycles. The van der Waals surface area contributed by atoms with Crippen molar-refractivity contribution < 1.29 is 23.8 Å². The van der Waals surface area contributed by atoms with Gasteiger partial charge in [0.2, 0.25) is 0 Å². The van der Waals surface area contributed by atoms with Gasteiger partial charge in [0.25, 0.3) is 11.1 Å². The largest absolute Gasteiger partial charge is 0.490 e. The van der Waals surface area contributed by atoms with Gasteiger partial charge in [-0.15, -0.1) is 0 Å². The van der Waals surface area contributed by atoms with Gasteiger partial charge in [0.05, 0.1) is 28.2 Å². The minimum Gasteiger partial charge on any atom is -0.490 e. The third kappa shape index (κ3) is 6.02. The Balaban J connectivity index is 1.82. The zero-order chi connectivity index (χ0) is 22.4. The van der Waals surface area contributed by atoms with Gasteiger partial charge >= 0.3 is 0 Å². The predicted molar refractivity (Wildman–Crippen MR) is 130 cm³/mol. The summed E-state index contributed by atoms with van der Waals surface area (Å²) in [6, 6.07) is 11.9. The molecule has 0 radical (unpaired) electrons. The molecule has 164 valence electrons. The van der Waals surface area contributed by atoms with Crippen LogP contribution in [0.4, 0.5) is 4.79 Å². The Kier molecular flexibility index (Phi) is 8.39. The van der Waals surface area contributed by atoms with Gasteiger partial charge in [0.15, 0.2) is 11.5 Å². The molecule has 8 heteroatoms. The van der Waals surface area contributed by atoms with Gasteiger partial charge in [0.1, 0.15) is 6.61 Å². The lowest BCUT2D eigenvalue weighted by Crippen LogP contribution is -2.31. The van der Waals surface area contributed by atoms with E-state index in [1.165, 1.54) is 17.6 Å². The molecular weight excluding hydrogens is 529 g/mol. The lowest BCUT2D eigenvalue weighted by atomic mass is 10.1. The zero-order valence-electron chi connectivity index (χ0n) is 17.6. The summed E-state index contributed by atoms with van der Waals surface area (Å²) in [6.07, 6.45) is 1.71. The predicted octanol–water partition coefficient (Wildman–Crippen LogP) is 5.26. The Morgan fingerprint density at radius 2 is 1.87 bits per heavy atom. The fourth-order valence-electron chi connectivity index (χ4n) is 2.94. The van der Waals surface area contributed by atoms with E-state index in [0.29, 0.717) is 36.2 Å². The minimum atomic E-state index is -0.306. The number of amides is 2. The molecule has 0 unspecified atom stereocenters. The number of thioether (sulfide) groups is 1. The van der Waals surface area contributed by atoms with Crippen LogP contribution >= 0.6 is 34.4 Å². The first-order chi connectivity index (χ1) is 14.9. The van der Waals surface area contributed by atoms with E-state index in [1.54, 1.807) is 6.08 Å². The van der Waals surface area contributed by atoms with E-state index in [1.807, 2.05) is 38.1 Å². The van der Waals surface area contributed by atoms with E-state index in [-0.39, 0.29) is 17.7 Å². The molecule has 0 bridgehead atoms. The van der Waals surface area contributed by atoms with Crippen molar-refractivity contribution in [3.05, 3.63) is 61.6 Å². The summed E-state index contributed by atoms with van der Waals surface area (Å²) in [5.74, 6) is 0.958. The fourth-order valence-corrected chi connectivity index (χ4v) is 4.59. The topological polar surface area (TPSA) is 65.1 Å². The number of carbonyl (C=O) groups excluding carboxylic acids is 2. The van der Waals surface area contributed by atoms with Crippen molar-refractivity contribution in [3.8, 4) is 11.5 Å². The Labute approximate surface area is 200 Å². The number of benzene rings is 2. The third-order valence-electron chi connectivity index (χ3n) is 4.53. The fraction of sp³-hybridized carbons (Fsp3) is 0.304. The van der Waals surface area contributed by atoms with E-state index in [2.05, 4.69) is 34.7 Å². The van der Waals surface area contributed by atoms with E-state index < -0.39 is 0 Å². The van der Waals surface area contributed by atoms with E-state index in [0.717, 1.165) is 26.5 Å². The molecule has 2 aromatic rings. The van der Waals surface area contributed by atoms with Gasteiger partial charge in [-0.2, -0.15) is 0 Å². The standard InChI is InChI=1S/C23H24INO5S/c1-4-29-19-12-17(13-20-22(26)25(9-10-28-3)23(27)31-20)11-18(24)21(19)30-14-16-7-5-15(2)6-8-16/h5-8,11-13H,4,9-10,14H2,1-3H3/b20-13+. The lowest BCUT2D eigenvalue weighted by Gasteiger charge is -2.15. The van der Waals surface area contributed by atoms with Crippen molar-refractivity contribution >= 4 is 51.6 Å². The molecule has 0 atom stereocenters. The summed E-state index contributed by atoms with van der Waals surface area (Å²) in [4.78, 5) is 26.3.